The molecular formula is C26H27FN2O8S. The minimum absolute atomic E-state index is 0.0149. The average molecular weight is 547 g/mol. The number of hydrogen-bond acceptors (Lipinski definition) is 8. The van der Waals surface area contributed by atoms with Crippen LogP contribution in [0.4, 0.5) is 10.1 Å². The van der Waals surface area contributed by atoms with Gasteiger partial charge in [0.1, 0.15) is 5.82 Å². The lowest BCUT2D eigenvalue weighted by Gasteiger charge is -2.19. The number of benzene rings is 3. The zero-order chi connectivity index (χ0) is 27.9. The van der Waals surface area contributed by atoms with Crippen LogP contribution in [0.15, 0.2) is 59.5 Å². The molecule has 0 aromatic heterocycles. The Morgan fingerprint density at radius 2 is 1.53 bits per heavy atom. The molecule has 10 nitrogen and oxygen atoms in total. The summed E-state index contributed by atoms with van der Waals surface area (Å²) in [5.74, 6) is -0.990. The van der Waals surface area contributed by atoms with Crippen molar-refractivity contribution in [1.82, 2.24) is 5.32 Å². The summed E-state index contributed by atoms with van der Waals surface area (Å²) < 4.78 is 63.5. The molecule has 38 heavy (non-hydrogen) atoms. The Morgan fingerprint density at radius 3 is 2.08 bits per heavy atom. The van der Waals surface area contributed by atoms with Crippen LogP contribution >= 0.6 is 0 Å². The van der Waals surface area contributed by atoms with Crippen molar-refractivity contribution in [2.75, 3.05) is 32.6 Å². The summed E-state index contributed by atoms with van der Waals surface area (Å²) in [6.07, 6.45) is -0.0482. The van der Waals surface area contributed by atoms with Crippen LogP contribution in [0, 0.1) is 5.82 Å². The first-order valence-electron chi connectivity index (χ1n) is 11.3. The lowest BCUT2D eigenvalue weighted by Crippen LogP contribution is -2.23. The van der Waals surface area contributed by atoms with Crippen LogP contribution in [0.25, 0.3) is 0 Å². The molecule has 0 aliphatic heterocycles. The van der Waals surface area contributed by atoms with E-state index in [9.17, 15) is 22.4 Å². The van der Waals surface area contributed by atoms with Gasteiger partial charge in [0.15, 0.2) is 17.2 Å². The average Bonchev–Trinajstić information content (AvgIpc) is 2.90. The van der Waals surface area contributed by atoms with E-state index in [0.717, 1.165) is 24.3 Å². The predicted octanol–water partition coefficient (Wildman–Crippen LogP) is 3.90. The van der Waals surface area contributed by atoms with E-state index in [1.54, 1.807) is 19.1 Å². The van der Waals surface area contributed by atoms with Gasteiger partial charge >= 0.3 is 5.97 Å². The van der Waals surface area contributed by atoms with Crippen molar-refractivity contribution in [3.05, 3.63) is 71.5 Å². The summed E-state index contributed by atoms with van der Waals surface area (Å²) in [5, 5.41) is 2.65. The Labute approximate surface area is 219 Å². The molecule has 0 aliphatic carbocycles. The van der Waals surface area contributed by atoms with Gasteiger partial charge in [-0.15, -0.1) is 0 Å². The summed E-state index contributed by atoms with van der Waals surface area (Å²) >= 11 is 0. The molecule has 0 atom stereocenters. The Kier molecular flexibility index (Phi) is 9.13. The molecule has 0 spiro atoms. The lowest BCUT2D eigenvalue weighted by atomic mass is 10.1. The number of esters is 1. The number of carbonyl (C=O) groups is 2. The zero-order valence-corrected chi connectivity index (χ0v) is 22.0. The quantitative estimate of drug-likeness (QED) is 0.347. The number of halogens is 1. The Balaban J connectivity index is 2.08. The van der Waals surface area contributed by atoms with Crippen molar-refractivity contribution in [3.63, 3.8) is 0 Å². The Bertz CT molecular complexity index is 1400. The fraction of sp³-hybridized carbons (Fsp3) is 0.231. The first kappa shape index (κ1) is 28.3. The molecule has 12 heteroatoms. The highest BCUT2D eigenvalue weighted by atomic mass is 32.2. The third kappa shape index (κ3) is 6.71. The third-order valence-corrected chi connectivity index (χ3v) is 6.64. The highest BCUT2D eigenvalue weighted by Crippen LogP contribution is 2.43. The monoisotopic (exact) mass is 546 g/mol. The molecule has 0 fully saturated rings. The van der Waals surface area contributed by atoms with E-state index < -0.39 is 27.7 Å². The van der Waals surface area contributed by atoms with Crippen LogP contribution in [0.1, 0.15) is 22.8 Å². The van der Waals surface area contributed by atoms with Gasteiger partial charge in [-0.1, -0.05) is 0 Å². The molecule has 1 amide bonds. The molecule has 0 aliphatic rings. The molecule has 3 rings (SSSR count). The molecule has 0 saturated carbocycles. The van der Waals surface area contributed by atoms with Gasteiger partial charge < -0.3 is 24.3 Å². The number of nitrogens with one attached hydrogen (secondary N) is 2. The number of methoxy groups -OCH3 is 3. The second-order valence-corrected chi connectivity index (χ2v) is 9.50. The summed E-state index contributed by atoms with van der Waals surface area (Å²) in [5.41, 5.74) is 0.630. The van der Waals surface area contributed by atoms with E-state index in [1.165, 1.54) is 39.5 Å². The lowest BCUT2D eigenvalue weighted by molar-refractivity contribution is -0.139. The van der Waals surface area contributed by atoms with Crippen molar-refractivity contribution in [2.24, 2.45) is 0 Å². The second kappa shape index (κ2) is 12.3. The van der Waals surface area contributed by atoms with Gasteiger partial charge in [-0.3, -0.25) is 14.3 Å². The van der Waals surface area contributed by atoms with Gasteiger partial charge in [0, 0.05) is 12.1 Å². The molecular weight excluding hydrogens is 519 g/mol. The molecule has 0 heterocycles. The maximum atomic E-state index is 13.4. The van der Waals surface area contributed by atoms with Gasteiger partial charge in [0.2, 0.25) is 5.75 Å². The maximum Gasteiger partial charge on any atom is 0.309 e. The third-order valence-electron chi connectivity index (χ3n) is 5.26. The normalized spacial score (nSPS) is 10.9. The van der Waals surface area contributed by atoms with Gasteiger partial charge in [-0.2, -0.15) is 0 Å². The highest BCUT2D eigenvalue weighted by molar-refractivity contribution is 7.92. The first-order valence-corrected chi connectivity index (χ1v) is 12.8. The number of hydrogen-bond donors (Lipinski definition) is 2. The van der Waals surface area contributed by atoms with Crippen LogP contribution in [-0.4, -0.2) is 48.2 Å². The number of carbonyl (C=O) groups excluding carboxylic acids is 2. The van der Waals surface area contributed by atoms with Crippen molar-refractivity contribution in [3.8, 4) is 23.0 Å². The molecule has 2 N–H and O–H groups in total. The van der Waals surface area contributed by atoms with E-state index in [-0.39, 0.29) is 45.6 Å². The van der Waals surface area contributed by atoms with Crippen LogP contribution in [-0.2, 0) is 26.0 Å². The number of sulfonamides is 1. The minimum atomic E-state index is -4.20. The van der Waals surface area contributed by atoms with Crippen molar-refractivity contribution in [2.45, 2.75) is 18.2 Å². The van der Waals surface area contributed by atoms with Gasteiger partial charge in [0.25, 0.3) is 15.9 Å². The minimum Gasteiger partial charge on any atom is -0.493 e. The fourth-order valence-electron chi connectivity index (χ4n) is 3.41. The molecule has 3 aromatic carbocycles. The molecule has 202 valence electrons. The highest BCUT2D eigenvalue weighted by Gasteiger charge is 2.22. The number of ether oxygens (including phenoxy) is 4. The molecule has 0 bridgehead atoms. The molecule has 0 radical (unpaired) electrons. The number of amides is 1. The van der Waals surface area contributed by atoms with E-state index in [1.807, 2.05) is 0 Å². The van der Waals surface area contributed by atoms with Gasteiger partial charge in [-0.05, 0) is 67.1 Å². The Morgan fingerprint density at radius 1 is 0.895 bits per heavy atom. The topological polar surface area (TPSA) is 129 Å². The van der Waals surface area contributed by atoms with Crippen LogP contribution in [0.2, 0.25) is 0 Å². The maximum absolute atomic E-state index is 13.4. The molecule has 3 aromatic rings. The van der Waals surface area contributed by atoms with E-state index >= 15 is 0 Å². The standard InChI is InChI=1S/C26H27FN2O8S/c1-5-28-26(31)17-6-11-21(20(15-17)29-38(32,33)19-9-7-18(27)8-10-19)37-25-22(34-2)12-16(13-23(25)35-3)14-24(30)36-4/h6-13,15,29H,5,14H2,1-4H3,(H,28,31). The number of anilines is 1. The SMILES string of the molecule is CCNC(=O)c1ccc(Oc2c(OC)cc(CC(=O)OC)cc2OC)c(NS(=O)(=O)c2ccc(F)cc2)c1. The summed E-state index contributed by atoms with van der Waals surface area (Å²) in [6, 6.07) is 11.5. The van der Waals surface area contributed by atoms with Crippen molar-refractivity contribution >= 4 is 27.6 Å². The van der Waals surface area contributed by atoms with Crippen molar-refractivity contribution < 1.29 is 41.3 Å². The van der Waals surface area contributed by atoms with Gasteiger partial charge in [0.05, 0.1) is 38.3 Å². The predicted molar refractivity (Wildman–Crippen MR) is 137 cm³/mol. The van der Waals surface area contributed by atoms with Crippen LogP contribution in [0.3, 0.4) is 0 Å². The fourth-order valence-corrected chi connectivity index (χ4v) is 4.47. The zero-order valence-electron chi connectivity index (χ0n) is 21.2. The molecule has 0 unspecified atom stereocenters. The van der Waals surface area contributed by atoms with Crippen LogP contribution < -0.4 is 24.2 Å². The summed E-state index contributed by atoms with van der Waals surface area (Å²) in [4.78, 5) is 24.0. The number of rotatable bonds is 11. The largest absolute Gasteiger partial charge is 0.493 e. The van der Waals surface area contributed by atoms with Gasteiger partial charge in [-0.25, -0.2) is 12.8 Å². The van der Waals surface area contributed by atoms with E-state index in [2.05, 4.69) is 10.0 Å². The first-order chi connectivity index (χ1) is 18.1. The van der Waals surface area contributed by atoms with Crippen LogP contribution in [0.5, 0.6) is 23.0 Å². The van der Waals surface area contributed by atoms with Crippen molar-refractivity contribution in [1.29, 1.82) is 0 Å². The Hall–Kier alpha value is -4.32. The molecule has 0 saturated heterocycles. The summed E-state index contributed by atoms with van der Waals surface area (Å²) in [7, 11) is -0.148. The summed E-state index contributed by atoms with van der Waals surface area (Å²) in [6.45, 7) is 2.11. The van der Waals surface area contributed by atoms with E-state index in [4.69, 9.17) is 18.9 Å². The smallest absolute Gasteiger partial charge is 0.309 e. The van der Waals surface area contributed by atoms with E-state index in [0.29, 0.717) is 12.1 Å². The second-order valence-electron chi connectivity index (χ2n) is 7.81.